The first-order chi connectivity index (χ1) is 22.9. The van der Waals surface area contributed by atoms with Crippen molar-refractivity contribution in [2.45, 2.75) is 91.6 Å². The lowest BCUT2D eigenvalue weighted by atomic mass is 10.0. The van der Waals surface area contributed by atoms with Crippen LogP contribution in [0.4, 0.5) is 0 Å². The molecule has 0 aromatic heterocycles. The molecule has 0 aliphatic heterocycles. The molecule has 50 heavy (non-hydrogen) atoms. The van der Waals surface area contributed by atoms with E-state index in [0.717, 1.165) is 12.7 Å². The Morgan fingerprint density at radius 2 is 1.16 bits per heavy atom. The monoisotopic (exact) mass is 924 g/mol. The Hall–Kier alpha value is -2.70. The van der Waals surface area contributed by atoms with Gasteiger partial charge >= 0.3 is 23.9 Å². The third-order valence-electron chi connectivity index (χ3n) is 6.46. The van der Waals surface area contributed by atoms with E-state index in [1.54, 1.807) is 84.2 Å². The number of benzene rings is 2. The highest BCUT2D eigenvalue weighted by Gasteiger charge is 2.32. The van der Waals surface area contributed by atoms with Gasteiger partial charge in [-0.15, -0.1) is 0 Å². The van der Waals surface area contributed by atoms with Crippen LogP contribution in [0.3, 0.4) is 0 Å². The molecule has 0 aliphatic rings. The van der Waals surface area contributed by atoms with Crippen LogP contribution in [0.15, 0.2) is 36.4 Å². The lowest BCUT2D eigenvalue weighted by molar-refractivity contribution is -0.163. The van der Waals surface area contributed by atoms with E-state index in [9.17, 15) is 24.3 Å². The molecule has 1 atom stereocenters. The maximum Gasteiger partial charge on any atom is 0.323 e. The first-order valence-electron chi connectivity index (χ1n) is 16.1. The third kappa shape index (κ3) is 16.5. The molecule has 12 nitrogen and oxygen atoms in total. The lowest BCUT2D eigenvalue weighted by Crippen LogP contribution is -2.51. The number of esters is 4. The Bertz CT molecular complexity index is 1420. The Morgan fingerprint density at radius 3 is 1.58 bits per heavy atom. The van der Waals surface area contributed by atoms with Gasteiger partial charge < -0.3 is 28.8 Å². The minimum absolute atomic E-state index is 0.0842. The Labute approximate surface area is 322 Å². The molecule has 0 heterocycles. The van der Waals surface area contributed by atoms with Crippen LogP contribution in [0.2, 0.25) is 0 Å². The van der Waals surface area contributed by atoms with Gasteiger partial charge in [-0.2, -0.15) is 0 Å². The largest absolute Gasteiger partial charge is 0.508 e. The molecule has 0 saturated carbocycles. The standard InChI is InChI=1S/C36H50I2N2O10/c1-34(2,3)48-29(42)20-39(21-30(43)49-35(4,5)6)15-16-40(22-31(44)50-36(7,8)9)28(33(45)46-10)19-23-17-26(37)32(27(38)18-23)47-25-13-11-24(41)12-14-25/h11-14,17-18,28,41H,15-16,19-22H2,1-10H3/t28-/m0/s1. The van der Waals surface area contributed by atoms with Crippen molar-refractivity contribution in [1.82, 2.24) is 9.80 Å². The minimum atomic E-state index is -0.937. The fourth-order valence-electron chi connectivity index (χ4n) is 4.66. The van der Waals surface area contributed by atoms with Crippen LogP contribution in [0, 0.1) is 7.14 Å². The molecule has 2 aromatic carbocycles. The van der Waals surface area contributed by atoms with E-state index in [1.165, 1.54) is 19.2 Å². The number of phenols is 1. The van der Waals surface area contributed by atoms with E-state index in [2.05, 4.69) is 45.2 Å². The van der Waals surface area contributed by atoms with Crippen molar-refractivity contribution in [2.24, 2.45) is 0 Å². The summed E-state index contributed by atoms with van der Waals surface area (Å²) < 4.78 is 29.5. The molecule has 0 aliphatic carbocycles. The Balaban J connectivity index is 2.45. The van der Waals surface area contributed by atoms with Crippen LogP contribution in [0.5, 0.6) is 17.2 Å². The summed E-state index contributed by atoms with van der Waals surface area (Å²) in [4.78, 5) is 55.5. The molecule has 1 N–H and O–H groups in total. The SMILES string of the molecule is COC(=O)[C@H](Cc1cc(I)c(Oc2ccc(O)cc2)c(I)c1)N(CCN(CC(=O)OC(C)(C)C)CC(=O)OC(C)(C)C)CC(=O)OC(C)(C)C. The highest BCUT2D eigenvalue weighted by molar-refractivity contribution is 14.1. The normalized spacial score (nSPS) is 12.8. The second kappa shape index (κ2) is 18.7. The summed E-state index contributed by atoms with van der Waals surface area (Å²) in [6.07, 6.45) is 0.166. The summed E-state index contributed by atoms with van der Waals surface area (Å²) in [5, 5.41) is 9.63. The van der Waals surface area contributed by atoms with Gasteiger partial charge in [0.25, 0.3) is 0 Å². The van der Waals surface area contributed by atoms with Crippen molar-refractivity contribution in [3.05, 3.63) is 49.1 Å². The molecule has 0 spiro atoms. The van der Waals surface area contributed by atoms with E-state index in [4.69, 9.17) is 23.7 Å². The zero-order valence-electron chi connectivity index (χ0n) is 30.6. The minimum Gasteiger partial charge on any atom is -0.508 e. The summed E-state index contributed by atoms with van der Waals surface area (Å²) >= 11 is 4.32. The van der Waals surface area contributed by atoms with E-state index >= 15 is 0 Å². The van der Waals surface area contributed by atoms with Crippen molar-refractivity contribution in [3.63, 3.8) is 0 Å². The fourth-order valence-corrected chi connectivity index (χ4v) is 6.78. The van der Waals surface area contributed by atoms with Gasteiger partial charge in [0, 0.05) is 13.1 Å². The van der Waals surface area contributed by atoms with Crippen molar-refractivity contribution in [3.8, 4) is 17.2 Å². The van der Waals surface area contributed by atoms with Crippen LogP contribution in [-0.2, 0) is 44.5 Å². The average molecular weight is 925 g/mol. The van der Waals surface area contributed by atoms with Crippen LogP contribution in [0.25, 0.3) is 0 Å². The van der Waals surface area contributed by atoms with Gasteiger partial charge in [-0.05, 0) is 156 Å². The van der Waals surface area contributed by atoms with Crippen LogP contribution >= 0.6 is 45.2 Å². The number of rotatable bonds is 15. The van der Waals surface area contributed by atoms with Gasteiger partial charge in [-0.25, -0.2) is 0 Å². The number of phenolic OH excluding ortho intramolecular Hbond substituents is 1. The Kier molecular flexibility index (Phi) is 16.2. The fraction of sp³-hybridized carbons (Fsp3) is 0.556. The van der Waals surface area contributed by atoms with Crippen molar-refractivity contribution in [1.29, 1.82) is 0 Å². The summed E-state index contributed by atoms with van der Waals surface area (Å²) in [6.45, 7) is 15.2. The highest BCUT2D eigenvalue weighted by atomic mass is 127. The number of halogens is 2. The number of carbonyl (C=O) groups excluding carboxylic acids is 4. The van der Waals surface area contributed by atoms with Gasteiger partial charge in [0.15, 0.2) is 5.75 Å². The number of hydrogen-bond donors (Lipinski definition) is 1. The zero-order chi connectivity index (χ0) is 38.0. The van der Waals surface area contributed by atoms with Gasteiger partial charge in [0.05, 0.1) is 33.9 Å². The summed E-state index contributed by atoms with van der Waals surface area (Å²) in [5.41, 5.74) is -1.48. The molecule has 2 aromatic rings. The Morgan fingerprint density at radius 1 is 0.720 bits per heavy atom. The first-order valence-corrected chi connectivity index (χ1v) is 18.2. The second-order valence-corrected chi connectivity index (χ2v) is 17.0. The number of methoxy groups -OCH3 is 1. The van der Waals surface area contributed by atoms with Gasteiger partial charge in [0.2, 0.25) is 0 Å². The first kappa shape index (κ1) is 43.5. The molecule has 0 radical (unpaired) electrons. The second-order valence-electron chi connectivity index (χ2n) is 14.7. The van der Waals surface area contributed by atoms with Gasteiger partial charge in [-0.3, -0.25) is 29.0 Å². The zero-order valence-corrected chi connectivity index (χ0v) is 34.9. The molecule has 0 unspecified atom stereocenters. The molecule has 0 saturated heterocycles. The number of carbonyl (C=O) groups is 4. The number of ether oxygens (including phenoxy) is 5. The van der Waals surface area contributed by atoms with Crippen molar-refractivity contribution < 1.29 is 48.0 Å². The molecular formula is C36H50I2N2O10. The summed E-state index contributed by atoms with van der Waals surface area (Å²) in [5.74, 6) is -0.927. The third-order valence-corrected chi connectivity index (χ3v) is 8.06. The predicted octanol–water partition coefficient (Wildman–Crippen LogP) is 6.11. The summed E-state index contributed by atoms with van der Waals surface area (Å²) in [7, 11) is 1.28. The lowest BCUT2D eigenvalue weighted by Gasteiger charge is -2.33. The molecule has 278 valence electrons. The smallest absolute Gasteiger partial charge is 0.323 e. The van der Waals surface area contributed by atoms with Crippen molar-refractivity contribution >= 4 is 69.1 Å². The van der Waals surface area contributed by atoms with Crippen molar-refractivity contribution in [2.75, 3.05) is 39.8 Å². The average Bonchev–Trinajstić information content (AvgIpc) is 2.93. The number of aromatic hydroxyl groups is 1. The predicted molar refractivity (Wildman–Crippen MR) is 205 cm³/mol. The quantitative estimate of drug-likeness (QED) is 0.125. The van der Waals surface area contributed by atoms with Gasteiger partial charge in [-0.1, -0.05) is 0 Å². The molecule has 0 bridgehead atoms. The molecule has 2 rings (SSSR count). The molecular weight excluding hydrogens is 874 g/mol. The topological polar surface area (TPSA) is 141 Å². The number of hydrogen-bond acceptors (Lipinski definition) is 12. The summed E-state index contributed by atoms with van der Waals surface area (Å²) in [6, 6.07) is 9.22. The molecule has 0 fully saturated rings. The maximum atomic E-state index is 13.4. The van der Waals surface area contributed by atoms with E-state index in [-0.39, 0.29) is 44.9 Å². The number of nitrogens with zero attached hydrogens (tertiary/aromatic N) is 2. The maximum absolute atomic E-state index is 13.4. The van der Waals surface area contributed by atoms with Crippen LogP contribution in [-0.4, -0.2) is 101 Å². The van der Waals surface area contributed by atoms with Crippen LogP contribution < -0.4 is 4.74 Å². The van der Waals surface area contributed by atoms with Crippen LogP contribution in [0.1, 0.15) is 67.9 Å². The van der Waals surface area contributed by atoms with E-state index in [0.29, 0.717) is 11.5 Å². The van der Waals surface area contributed by atoms with E-state index in [1.807, 2.05) is 12.1 Å². The van der Waals surface area contributed by atoms with Gasteiger partial charge in [0.1, 0.15) is 34.3 Å². The van der Waals surface area contributed by atoms with E-state index < -0.39 is 46.7 Å². The molecule has 0 amide bonds. The molecule has 14 heteroatoms. The highest BCUT2D eigenvalue weighted by Crippen LogP contribution is 2.34.